The van der Waals surface area contributed by atoms with E-state index in [1.165, 1.54) is 13.0 Å². The van der Waals surface area contributed by atoms with E-state index in [1.54, 1.807) is 17.2 Å². The van der Waals surface area contributed by atoms with Crippen LogP contribution >= 0.6 is 0 Å². The average Bonchev–Trinajstić information content (AvgIpc) is 2.73. The second-order valence-electron chi connectivity index (χ2n) is 8.08. The Morgan fingerprint density at radius 3 is 2.75 bits per heavy atom. The molecule has 0 bridgehead atoms. The zero-order valence-electron chi connectivity index (χ0n) is 16.7. The summed E-state index contributed by atoms with van der Waals surface area (Å²) in [5.74, 6) is -0.0875. The van der Waals surface area contributed by atoms with E-state index in [4.69, 9.17) is 4.74 Å². The molecule has 8 nitrogen and oxygen atoms in total. The van der Waals surface area contributed by atoms with Crippen molar-refractivity contribution in [1.29, 1.82) is 0 Å². The molecule has 0 aliphatic carbocycles. The van der Waals surface area contributed by atoms with E-state index < -0.39 is 17.6 Å². The predicted molar refractivity (Wildman–Crippen MR) is 104 cm³/mol. The summed E-state index contributed by atoms with van der Waals surface area (Å²) in [6.07, 6.45) is 4.63. The van der Waals surface area contributed by atoms with Gasteiger partial charge in [0, 0.05) is 50.9 Å². The summed E-state index contributed by atoms with van der Waals surface area (Å²) in [6.45, 7) is 9.10. The molecule has 1 fully saturated rings. The van der Waals surface area contributed by atoms with E-state index in [-0.39, 0.29) is 11.8 Å². The number of nitrogens with zero attached hydrogens (tertiary/aromatic N) is 3. The molecule has 2 aliphatic rings. The number of fused-ring (bicyclic) bond motifs is 2. The molecule has 0 radical (unpaired) electrons. The Bertz CT molecular complexity index is 828. The van der Waals surface area contributed by atoms with E-state index in [1.807, 2.05) is 26.8 Å². The highest BCUT2D eigenvalue weighted by Crippen LogP contribution is 2.25. The first kappa shape index (κ1) is 20.0. The van der Waals surface area contributed by atoms with Gasteiger partial charge in [0.05, 0.1) is 0 Å². The molecular formula is C20H26N4O4. The molecule has 28 heavy (non-hydrogen) atoms. The number of ether oxygens (including phenoxy) is 1. The molecular weight excluding hydrogens is 360 g/mol. The van der Waals surface area contributed by atoms with Crippen LogP contribution in [0.5, 0.6) is 0 Å². The number of hydrogen-bond donors (Lipinski definition) is 1. The van der Waals surface area contributed by atoms with Crippen LogP contribution in [0.15, 0.2) is 18.3 Å². The monoisotopic (exact) mass is 386 g/mol. The van der Waals surface area contributed by atoms with E-state index in [0.29, 0.717) is 32.0 Å². The minimum Gasteiger partial charge on any atom is -0.457 e. The quantitative estimate of drug-likeness (QED) is 0.611. The molecule has 1 atom stereocenters. The van der Waals surface area contributed by atoms with Crippen molar-refractivity contribution in [1.82, 2.24) is 14.8 Å². The Kier molecular flexibility index (Phi) is 5.51. The van der Waals surface area contributed by atoms with E-state index in [2.05, 4.69) is 15.2 Å². The first-order valence-corrected chi connectivity index (χ1v) is 9.33. The molecule has 2 amide bonds. The SMILES string of the molecule is CC(=O)N1CCN2Cc3cc(C=CC(=O)OC(C)(C)C)cnc3NC(=O)C2C1. The van der Waals surface area contributed by atoms with Gasteiger partial charge in [-0.2, -0.15) is 0 Å². The third kappa shape index (κ3) is 4.75. The fourth-order valence-corrected chi connectivity index (χ4v) is 3.32. The van der Waals surface area contributed by atoms with Gasteiger partial charge >= 0.3 is 5.97 Å². The van der Waals surface area contributed by atoms with Gasteiger partial charge in [0.15, 0.2) is 0 Å². The van der Waals surface area contributed by atoms with Gasteiger partial charge in [-0.25, -0.2) is 9.78 Å². The molecule has 0 aromatic carbocycles. The van der Waals surface area contributed by atoms with Gasteiger partial charge in [-0.3, -0.25) is 14.5 Å². The summed E-state index contributed by atoms with van der Waals surface area (Å²) < 4.78 is 5.26. The minimum atomic E-state index is -0.547. The van der Waals surface area contributed by atoms with Crippen LogP contribution < -0.4 is 5.32 Å². The first-order valence-electron chi connectivity index (χ1n) is 9.33. The van der Waals surface area contributed by atoms with E-state index in [0.717, 1.165) is 11.1 Å². The largest absolute Gasteiger partial charge is 0.457 e. The maximum absolute atomic E-state index is 12.6. The van der Waals surface area contributed by atoms with Crippen LogP contribution in [0.3, 0.4) is 0 Å². The Hall–Kier alpha value is -2.74. The molecule has 1 aromatic rings. The van der Waals surface area contributed by atoms with Crippen LogP contribution in [0, 0.1) is 0 Å². The van der Waals surface area contributed by atoms with Crippen molar-refractivity contribution < 1.29 is 19.1 Å². The zero-order chi connectivity index (χ0) is 20.5. The van der Waals surface area contributed by atoms with Crippen molar-refractivity contribution >= 4 is 29.7 Å². The fourth-order valence-electron chi connectivity index (χ4n) is 3.32. The summed E-state index contributed by atoms with van der Waals surface area (Å²) in [6, 6.07) is 1.51. The molecule has 3 heterocycles. The second-order valence-corrected chi connectivity index (χ2v) is 8.08. The lowest BCUT2D eigenvalue weighted by Gasteiger charge is -2.38. The molecule has 1 aromatic heterocycles. The Labute approximate surface area is 164 Å². The van der Waals surface area contributed by atoms with Gasteiger partial charge in [0.1, 0.15) is 17.5 Å². The number of esters is 1. The maximum Gasteiger partial charge on any atom is 0.331 e. The van der Waals surface area contributed by atoms with Crippen molar-refractivity contribution in [3.05, 3.63) is 29.5 Å². The van der Waals surface area contributed by atoms with E-state index in [9.17, 15) is 14.4 Å². The van der Waals surface area contributed by atoms with Crippen LogP contribution in [0.1, 0.15) is 38.8 Å². The summed E-state index contributed by atoms with van der Waals surface area (Å²) in [4.78, 5) is 44.2. The molecule has 150 valence electrons. The van der Waals surface area contributed by atoms with Crippen molar-refractivity contribution in [2.75, 3.05) is 25.0 Å². The van der Waals surface area contributed by atoms with Crippen LogP contribution in [0.4, 0.5) is 5.82 Å². The van der Waals surface area contributed by atoms with Gasteiger partial charge in [-0.15, -0.1) is 0 Å². The number of carbonyl (C=O) groups excluding carboxylic acids is 3. The third-order valence-corrected chi connectivity index (χ3v) is 4.66. The highest BCUT2D eigenvalue weighted by atomic mass is 16.6. The number of pyridine rings is 1. The fraction of sp³-hybridized carbons (Fsp3) is 0.500. The summed E-state index contributed by atoms with van der Waals surface area (Å²) in [5.41, 5.74) is 1.08. The van der Waals surface area contributed by atoms with Crippen LogP contribution in [0.25, 0.3) is 6.08 Å². The molecule has 2 aliphatic heterocycles. The van der Waals surface area contributed by atoms with Crippen molar-refractivity contribution in [3.63, 3.8) is 0 Å². The third-order valence-electron chi connectivity index (χ3n) is 4.66. The Morgan fingerprint density at radius 2 is 2.07 bits per heavy atom. The van der Waals surface area contributed by atoms with Crippen LogP contribution in [-0.2, 0) is 25.7 Å². The molecule has 1 unspecified atom stereocenters. The van der Waals surface area contributed by atoms with Gasteiger partial charge in [0.2, 0.25) is 11.8 Å². The lowest BCUT2D eigenvalue weighted by molar-refractivity contribution is -0.148. The zero-order valence-corrected chi connectivity index (χ0v) is 16.7. The standard InChI is InChI=1S/C20H26N4O4/c1-13(25)23-7-8-24-11-15-9-14(5-6-17(26)28-20(2,3)4)10-21-18(15)22-19(27)16(24)12-23/h5-6,9-10,16H,7-8,11-12H2,1-4H3,(H,21,22,27). The summed E-state index contributed by atoms with van der Waals surface area (Å²) in [7, 11) is 0. The van der Waals surface area contributed by atoms with Crippen molar-refractivity contribution in [2.45, 2.75) is 45.9 Å². The molecule has 8 heteroatoms. The molecule has 3 rings (SSSR count). The minimum absolute atomic E-state index is 0.0260. The Morgan fingerprint density at radius 1 is 1.32 bits per heavy atom. The normalized spacial score (nSPS) is 20.2. The highest BCUT2D eigenvalue weighted by Gasteiger charge is 2.36. The van der Waals surface area contributed by atoms with E-state index >= 15 is 0 Å². The van der Waals surface area contributed by atoms with Crippen LogP contribution in [0.2, 0.25) is 0 Å². The molecule has 1 N–H and O–H groups in total. The van der Waals surface area contributed by atoms with Gasteiger partial charge in [-0.05, 0) is 38.5 Å². The van der Waals surface area contributed by atoms with Gasteiger partial charge < -0.3 is 15.0 Å². The number of piperazine rings is 1. The first-order chi connectivity index (χ1) is 13.1. The number of hydrogen-bond acceptors (Lipinski definition) is 6. The predicted octanol–water partition coefficient (Wildman–Crippen LogP) is 1.42. The summed E-state index contributed by atoms with van der Waals surface area (Å²) >= 11 is 0. The maximum atomic E-state index is 12.6. The topological polar surface area (TPSA) is 91.8 Å². The highest BCUT2D eigenvalue weighted by molar-refractivity contribution is 5.96. The lowest BCUT2D eigenvalue weighted by Crippen LogP contribution is -2.57. The molecule has 1 saturated heterocycles. The Balaban J connectivity index is 1.76. The number of nitrogens with one attached hydrogen (secondary N) is 1. The summed E-state index contributed by atoms with van der Waals surface area (Å²) in [5, 5.41) is 2.86. The van der Waals surface area contributed by atoms with Crippen LogP contribution in [-0.4, -0.2) is 63.8 Å². The molecule has 0 spiro atoms. The number of carbonyl (C=O) groups is 3. The van der Waals surface area contributed by atoms with Crippen molar-refractivity contribution in [2.24, 2.45) is 0 Å². The lowest BCUT2D eigenvalue weighted by atomic mass is 10.1. The second kappa shape index (κ2) is 7.71. The van der Waals surface area contributed by atoms with Gasteiger partial charge in [0.25, 0.3) is 0 Å². The van der Waals surface area contributed by atoms with Crippen molar-refractivity contribution in [3.8, 4) is 0 Å². The average molecular weight is 386 g/mol. The number of aromatic nitrogens is 1. The number of anilines is 1. The number of rotatable bonds is 2. The number of amides is 2. The van der Waals surface area contributed by atoms with Gasteiger partial charge in [-0.1, -0.05) is 0 Å². The molecule has 0 saturated carbocycles. The smallest absolute Gasteiger partial charge is 0.331 e.